The van der Waals surface area contributed by atoms with Crippen molar-refractivity contribution in [3.8, 4) is 0 Å². The molecule has 118 valence electrons. The Labute approximate surface area is 131 Å². The minimum Gasteiger partial charge on any atom is -0.381 e. The molecule has 0 amide bonds. The third-order valence-corrected chi connectivity index (χ3v) is 5.23. The molecule has 1 aliphatic heterocycles. The van der Waals surface area contributed by atoms with Gasteiger partial charge in [0, 0.05) is 37.8 Å². The lowest BCUT2D eigenvalue weighted by atomic mass is 9.74. The molecule has 2 rings (SSSR count). The zero-order valence-corrected chi connectivity index (χ0v) is 14.6. The number of hydrogen-bond acceptors (Lipinski definition) is 2. The lowest BCUT2D eigenvalue weighted by Gasteiger charge is -2.49. The quantitative estimate of drug-likeness (QED) is 0.691. The highest BCUT2D eigenvalue weighted by atomic mass is 15.2. The third kappa shape index (κ3) is 3.06. The van der Waals surface area contributed by atoms with Gasteiger partial charge in [0.2, 0.25) is 0 Å². The summed E-state index contributed by atoms with van der Waals surface area (Å²) in [6.45, 7) is 12.0. The summed E-state index contributed by atoms with van der Waals surface area (Å²) >= 11 is 0. The molecule has 2 heteroatoms. The van der Waals surface area contributed by atoms with Crippen molar-refractivity contribution in [2.75, 3.05) is 20.6 Å². The Morgan fingerprint density at radius 2 is 1.81 bits per heavy atom. The molecule has 0 aromatic rings. The predicted molar refractivity (Wildman–Crippen MR) is 90.9 cm³/mol. The van der Waals surface area contributed by atoms with E-state index in [0.717, 1.165) is 0 Å². The van der Waals surface area contributed by atoms with Crippen LogP contribution in [-0.4, -0.2) is 36.0 Å². The summed E-state index contributed by atoms with van der Waals surface area (Å²) in [6.07, 6.45) is 9.16. The fourth-order valence-electron chi connectivity index (χ4n) is 4.06. The summed E-state index contributed by atoms with van der Waals surface area (Å²) in [6, 6.07) is 0. The van der Waals surface area contributed by atoms with Crippen LogP contribution in [0.1, 0.15) is 52.9 Å². The summed E-state index contributed by atoms with van der Waals surface area (Å²) < 4.78 is 0. The summed E-state index contributed by atoms with van der Waals surface area (Å²) in [7, 11) is 4.29. The summed E-state index contributed by atoms with van der Waals surface area (Å²) in [4.78, 5) is 4.90. The monoisotopic (exact) mass is 288 g/mol. The van der Waals surface area contributed by atoms with Gasteiger partial charge in [0.1, 0.15) is 0 Å². The van der Waals surface area contributed by atoms with Gasteiger partial charge in [-0.05, 0) is 38.0 Å². The minimum atomic E-state index is 0.371. The van der Waals surface area contributed by atoms with E-state index in [0.29, 0.717) is 17.4 Å². The number of nitrogens with zero attached hydrogens (tertiary/aromatic N) is 2. The first-order valence-electron chi connectivity index (χ1n) is 8.48. The van der Waals surface area contributed by atoms with E-state index in [2.05, 4.69) is 63.1 Å². The molecule has 0 bridgehead atoms. The average molecular weight is 288 g/mol. The van der Waals surface area contributed by atoms with E-state index in [-0.39, 0.29) is 0 Å². The third-order valence-electron chi connectivity index (χ3n) is 5.23. The Hall–Kier alpha value is -1.14. The molecule has 0 aromatic carbocycles. The largest absolute Gasteiger partial charge is 0.381 e. The molecule has 0 aromatic heterocycles. The maximum Gasteiger partial charge on any atom is 0.0650 e. The summed E-state index contributed by atoms with van der Waals surface area (Å²) in [5.74, 6) is 0.933. The first-order chi connectivity index (χ1) is 9.91. The van der Waals surface area contributed by atoms with E-state index in [9.17, 15) is 0 Å². The molecule has 0 radical (unpaired) electrons. The van der Waals surface area contributed by atoms with Crippen LogP contribution < -0.4 is 0 Å². The van der Waals surface area contributed by atoms with Gasteiger partial charge in [-0.1, -0.05) is 33.4 Å². The molecule has 1 heterocycles. The predicted octanol–water partition coefficient (Wildman–Crippen LogP) is 4.41. The Balaban J connectivity index is 2.26. The average Bonchev–Trinajstić information content (AvgIpc) is 2.80. The van der Waals surface area contributed by atoms with Gasteiger partial charge in [-0.25, -0.2) is 0 Å². The first kappa shape index (κ1) is 16.2. The topological polar surface area (TPSA) is 6.48 Å². The van der Waals surface area contributed by atoms with Gasteiger partial charge in [-0.15, -0.1) is 5.73 Å². The van der Waals surface area contributed by atoms with E-state index in [1.165, 1.54) is 50.0 Å². The van der Waals surface area contributed by atoms with Crippen molar-refractivity contribution in [2.45, 2.75) is 58.4 Å². The van der Waals surface area contributed by atoms with E-state index < -0.39 is 0 Å². The van der Waals surface area contributed by atoms with Gasteiger partial charge in [0.05, 0.1) is 5.70 Å². The molecule has 1 unspecified atom stereocenters. The lowest BCUT2D eigenvalue weighted by molar-refractivity contribution is 0.0780. The van der Waals surface area contributed by atoms with Gasteiger partial charge in [-0.3, -0.25) is 0 Å². The minimum absolute atomic E-state index is 0.371. The van der Waals surface area contributed by atoms with Crippen LogP contribution in [0.15, 0.2) is 29.8 Å². The summed E-state index contributed by atoms with van der Waals surface area (Å²) in [5.41, 5.74) is 6.45. The Morgan fingerprint density at radius 3 is 2.24 bits per heavy atom. The van der Waals surface area contributed by atoms with Gasteiger partial charge < -0.3 is 9.80 Å². The number of hydrogen-bond donors (Lipinski definition) is 0. The van der Waals surface area contributed by atoms with Gasteiger partial charge in [0.25, 0.3) is 0 Å². The number of allylic oxidation sites excluding steroid dienone is 1. The zero-order chi connectivity index (χ0) is 15.6. The molecule has 2 aliphatic rings. The van der Waals surface area contributed by atoms with Gasteiger partial charge in [-0.2, -0.15) is 0 Å². The highest BCUT2D eigenvalue weighted by molar-refractivity contribution is 5.22. The SMILES string of the molecule is C=C=C(C(C)C(=CC(C)C)N(C)C)N1CCCC12CCC2. The van der Waals surface area contributed by atoms with Crippen molar-refractivity contribution in [3.05, 3.63) is 29.8 Å². The van der Waals surface area contributed by atoms with Crippen LogP contribution in [0.4, 0.5) is 0 Å². The molecular weight excluding hydrogens is 256 g/mol. The molecule has 2 nitrogen and oxygen atoms in total. The van der Waals surface area contributed by atoms with Crippen molar-refractivity contribution in [3.63, 3.8) is 0 Å². The molecule has 1 atom stereocenters. The van der Waals surface area contributed by atoms with Crippen LogP contribution in [0.3, 0.4) is 0 Å². The second-order valence-electron chi connectivity index (χ2n) is 7.35. The first-order valence-corrected chi connectivity index (χ1v) is 8.48. The molecule has 1 spiro atoms. The molecular formula is C19H32N2. The second-order valence-corrected chi connectivity index (χ2v) is 7.35. The van der Waals surface area contributed by atoms with Crippen molar-refractivity contribution in [1.82, 2.24) is 9.80 Å². The van der Waals surface area contributed by atoms with Crippen molar-refractivity contribution >= 4 is 0 Å². The van der Waals surface area contributed by atoms with Crippen LogP contribution in [0.2, 0.25) is 0 Å². The maximum atomic E-state index is 4.02. The lowest BCUT2D eigenvalue weighted by Crippen LogP contribution is -2.49. The van der Waals surface area contributed by atoms with Crippen molar-refractivity contribution in [1.29, 1.82) is 0 Å². The fourth-order valence-corrected chi connectivity index (χ4v) is 4.06. The van der Waals surface area contributed by atoms with Crippen molar-refractivity contribution < 1.29 is 0 Å². The van der Waals surface area contributed by atoms with Crippen LogP contribution in [0, 0.1) is 11.8 Å². The van der Waals surface area contributed by atoms with E-state index in [4.69, 9.17) is 0 Å². The maximum absolute atomic E-state index is 4.02. The van der Waals surface area contributed by atoms with Gasteiger partial charge >= 0.3 is 0 Å². The van der Waals surface area contributed by atoms with Crippen LogP contribution in [0.5, 0.6) is 0 Å². The highest BCUT2D eigenvalue weighted by Crippen LogP contribution is 2.48. The number of likely N-dealkylation sites (tertiary alicyclic amines) is 1. The zero-order valence-electron chi connectivity index (χ0n) is 14.6. The van der Waals surface area contributed by atoms with Crippen LogP contribution >= 0.6 is 0 Å². The highest BCUT2D eigenvalue weighted by Gasteiger charge is 2.47. The molecule has 1 aliphatic carbocycles. The van der Waals surface area contributed by atoms with E-state index in [1.807, 2.05) is 0 Å². The van der Waals surface area contributed by atoms with E-state index in [1.54, 1.807) is 0 Å². The summed E-state index contributed by atoms with van der Waals surface area (Å²) in [5, 5.41) is 0. The molecule has 1 saturated carbocycles. The van der Waals surface area contributed by atoms with Gasteiger partial charge in [0.15, 0.2) is 0 Å². The molecule has 2 fully saturated rings. The van der Waals surface area contributed by atoms with Crippen molar-refractivity contribution in [2.24, 2.45) is 11.8 Å². The fraction of sp³-hybridized carbons (Fsp3) is 0.737. The van der Waals surface area contributed by atoms with Crippen LogP contribution in [0.25, 0.3) is 0 Å². The molecule has 0 N–H and O–H groups in total. The second kappa shape index (κ2) is 6.32. The smallest absolute Gasteiger partial charge is 0.0650 e. The standard InChI is InChI=1S/C19H32N2/c1-7-17(16(4)18(20(5)6)14-15(2)3)21-13-9-12-19(21)10-8-11-19/h14-16H,1,8-13H2,2-6H3. The normalized spacial score (nSPS) is 22.2. The Bertz CT molecular complexity index is 448. The van der Waals surface area contributed by atoms with E-state index >= 15 is 0 Å². The number of rotatable bonds is 5. The molecule has 1 saturated heterocycles. The molecule has 21 heavy (non-hydrogen) atoms. The Morgan fingerprint density at radius 1 is 1.19 bits per heavy atom. The van der Waals surface area contributed by atoms with Crippen LogP contribution in [-0.2, 0) is 0 Å². The Kier molecular flexibility index (Phi) is 4.88.